The van der Waals surface area contributed by atoms with Crippen molar-refractivity contribution in [3.63, 3.8) is 0 Å². The van der Waals surface area contributed by atoms with Crippen molar-refractivity contribution in [3.05, 3.63) is 53.0 Å². The molecule has 1 saturated carbocycles. The number of hydrogen-bond acceptors (Lipinski definition) is 8. The standard InChI is InChI=1S/C31H33FN4O4/c32-25-14-20(2-1-19(25)11-18(15-33)12-27(37)28-21-3-4-22(13-21)34-28)26-6-5-24-29(35-26)31(40-30(24)38)7-9-36(10-8-31)23-16-39-17-23/h1-2,5-6,14,18,21-23,28,34H,3-4,7-13,16-17H2/t18-,21+,22-,28+/m1/s1. The number of nitriles is 1. The summed E-state index contributed by atoms with van der Waals surface area (Å²) in [6, 6.07) is 11.3. The van der Waals surface area contributed by atoms with Crippen LogP contribution in [0.5, 0.6) is 0 Å². The number of Topliss-reactive ketones (excluding diaryl/α,β-unsaturated/α-hetero) is 1. The Morgan fingerprint density at radius 2 is 2.05 bits per heavy atom. The minimum atomic E-state index is -0.748. The molecule has 1 spiro atoms. The molecular weight excluding hydrogens is 511 g/mol. The molecule has 1 N–H and O–H groups in total. The number of hydrogen-bond donors (Lipinski definition) is 1. The van der Waals surface area contributed by atoms with Crippen molar-refractivity contribution in [2.75, 3.05) is 26.3 Å². The number of aromatic nitrogens is 1. The fourth-order valence-corrected chi connectivity index (χ4v) is 7.32. The van der Waals surface area contributed by atoms with E-state index in [1.165, 1.54) is 6.07 Å². The van der Waals surface area contributed by atoms with Gasteiger partial charge >= 0.3 is 5.97 Å². The summed E-state index contributed by atoms with van der Waals surface area (Å²) in [6.45, 7) is 3.10. The lowest BCUT2D eigenvalue weighted by Crippen LogP contribution is -2.54. The van der Waals surface area contributed by atoms with Gasteiger partial charge in [0, 0.05) is 44.0 Å². The SMILES string of the molecule is N#C[C@@H](CC(=O)[C@H]1N[C@@H]2CC[C@H]1C2)Cc1ccc(-c2ccc3c(n2)C2(CCN(C4COC4)CC2)OC3=O)cc1F. The Labute approximate surface area is 232 Å². The first-order valence-electron chi connectivity index (χ1n) is 14.5. The molecule has 5 heterocycles. The Balaban J connectivity index is 1.06. The predicted molar refractivity (Wildman–Crippen MR) is 143 cm³/mol. The Morgan fingerprint density at radius 1 is 1.23 bits per heavy atom. The third-order valence-electron chi connectivity index (χ3n) is 9.73. The summed E-state index contributed by atoms with van der Waals surface area (Å²) in [7, 11) is 0. The fourth-order valence-electron chi connectivity index (χ4n) is 7.32. The van der Waals surface area contributed by atoms with Gasteiger partial charge in [0.25, 0.3) is 0 Å². The number of carbonyl (C=O) groups excluding carboxylic acids is 2. The maximum atomic E-state index is 15.3. The van der Waals surface area contributed by atoms with Crippen molar-refractivity contribution in [1.82, 2.24) is 15.2 Å². The molecule has 9 heteroatoms. The van der Waals surface area contributed by atoms with Gasteiger partial charge in [-0.1, -0.05) is 12.1 Å². The molecule has 8 nitrogen and oxygen atoms in total. The topological polar surface area (TPSA) is 105 Å². The van der Waals surface area contributed by atoms with Crippen LogP contribution in [-0.2, 0) is 26.3 Å². The van der Waals surface area contributed by atoms with E-state index in [1.54, 1.807) is 24.3 Å². The van der Waals surface area contributed by atoms with Crippen molar-refractivity contribution in [2.24, 2.45) is 11.8 Å². The van der Waals surface area contributed by atoms with Crippen LogP contribution in [0.15, 0.2) is 30.3 Å². The van der Waals surface area contributed by atoms with Crippen LogP contribution >= 0.6 is 0 Å². The number of ketones is 1. The highest BCUT2D eigenvalue weighted by Gasteiger charge is 2.50. The monoisotopic (exact) mass is 544 g/mol. The highest BCUT2D eigenvalue weighted by atomic mass is 19.1. The third-order valence-corrected chi connectivity index (χ3v) is 9.73. The van der Waals surface area contributed by atoms with Crippen LogP contribution in [0.1, 0.15) is 60.1 Å². The van der Waals surface area contributed by atoms with E-state index in [0.717, 1.165) is 45.6 Å². The van der Waals surface area contributed by atoms with Crippen LogP contribution < -0.4 is 5.32 Å². The number of rotatable bonds is 7. The molecule has 4 fully saturated rings. The maximum absolute atomic E-state index is 15.3. The van der Waals surface area contributed by atoms with Crippen LogP contribution in [0, 0.1) is 29.0 Å². The number of esters is 1. The molecule has 5 aliphatic rings. The quantitative estimate of drug-likeness (QED) is 0.528. The summed E-state index contributed by atoms with van der Waals surface area (Å²) in [5.74, 6) is -0.919. The summed E-state index contributed by atoms with van der Waals surface area (Å²) in [6.07, 6.45) is 4.86. The molecule has 0 radical (unpaired) electrons. The van der Waals surface area contributed by atoms with E-state index in [9.17, 15) is 14.9 Å². The molecule has 7 rings (SSSR count). The van der Waals surface area contributed by atoms with Crippen LogP contribution in [0.2, 0.25) is 0 Å². The van der Waals surface area contributed by atoms with Gasteiger partial charge < -0.3 is 14.8 Å². The number of fused-ring (bicyclic) bond motifs is 4. The van der Waals surface area contributed by atoms with E-state index >= 15 is 4.39 Å². The smallest absolute Gasteiger partial charge is 0.341 e. The first-order chi connectivity index (χ1) is 19.4. The zero-order valence-corrected chi connectivity index (χ0v) is 22.4. The Morgan fingerprint density at radius 3 is 2.70 bits per heavy atom. The lowest BCUT2D eigenvalue weighted by Gasteiger charge is -2.44. The Hall–Kier alpha value is -3.19. The molecule has 1 aromatic carbocycles. The molecule has 0 amide bonds. The number of pyridine rings is 1. The number of benzene rings is 1. The maximum Gasteiger partial charge on any atom is 0.341 e. The number of ether oxygens (including phenoxy) is 2. The molecule has 1 aromatic heterocycles. The molecule has 2 aromatic rings. The molecule has 2 bridgehead atoms. The second-order valence-corrected chi connectivity index (χ2v) is 12.1. The lowest BCUT2D eigenvalue weighted by atomic mass is 9.86. The van der Waals surface area contributed by atoms with Gasteiger partial charge in [0.1, 0.15) is 5.82 Å². The van der Waals surface area contributed by atoms with Gasteiger partial charge in [-0.15, -0.1) is 0 Å². The zero-order chi connectivity index (χ0) is 27.4. The Kier molecular flexibility index (Phi) is 6.45. The van der Waals surface area contributed by atoms with E-state index < -0.39 is 17.3 Å². The molecule has 4 atom stereocenters. The molecule has 1 aliphatic carbocycles. The van der Waals surface area contributed by atoms with Gasteiger partial charge in [-0.3, -0.25) is 9.69 Å². The van der Waals surface area contributed by atoms with Gasteiger partial charge in [0.15, 0.2) is 11.4 Å². The molecule has 4 aliphatic heterocycles. The number of halogens is 1. The van der Waals surface area contributed by atoms with Crippen LogP contribution in [-0.4, -0.2) is 66.1 Å². The lowest BCUT2D eigenvalue weighted by molar-refractivity contribution is -0.122. The summed E-state index contributed by atoms with van der Waals surface area (Å²) in [5.41, 5.74) is 1.95. The van der Waals surface area contributed by atoms with E-state index in [-0.39, 0.29) is 30.6 Å². The molecule has 208 valence electrons. The largest absolute Gasteiger partial charge is 0.449 e. The fraction of sp³-hybridized carbons (Fsp3) is 0.548. The summed E-state index contributed by atoms with van der Waals surface area (Å²) in [5, 5.41) is 13.1. The first-order valence-corrected chi connectivity index (χ1v) is 14.5. The van der Waals surface area contributed by atoms with Crippen LogP contribution in [0.3, 0.4) is 0 Å². The van der Waals surface area contributed by atoms with Crippen LogP contribution in [0.4, 0.5) is 4.39 Å². The highest BCUT2D eigenvalue weighted by Crippen LogP contribution is 2.44. The van der Waals surface area contributed by atoms with Crippen molar-refractivity contribution in [1.29, 1.82) is 5.26 Å². The summed E-state index contributed by atoms with van der Waals surface area (Å²) < 4.78 is 26.6. The number of piperidine rings is 2. The number of nitrogens with zero attached hydrogens (tertiary/aromatic N) is 3. The van der Waals surface area contributed by atoms with E-state index in [0.29, 0.717) is 58.9 Å². The van der Waals surface area contributed by atoms with E-state index in [2.05, 4.69) is 16.3 Å². The third kappa shape index (κ3) is 4.43. The zero-order valence-electron chi connectivity index (χ0n) is 22.4. The van der Waals surface area contributed by atoms with E-state index in [4.69, 9.17) is 14.5 Å². The number of nitrogens with one attached hydrogen (secondary N) is 1. The van der Waals surface area contributed by atoms with E-state index in [1.807, 2.05) is 0 Å². The Bertz CT molecular complexity index is 1390. The molecule has 40 heavy (non-hydrogen) atoms. The second-order valence-electron chi connectivity index (χ2n) is 12.1. The highest BCUT2D eigenvalue weighted by molar-refractivity contribution is 5.94. The van der Waals surface area contributed by atoms with Crippen molar-refractivity contribution < 1.29 is 23.5 Å². The summed E-state index contributed by atoms with van der Waals surface area (Å²) >= 11 is 0. The van der Waals surface area contributed by atoms with Gasteiger partial charge in [-0.25, -0.2) is 14.2 Å². The van der Waals surface area contributed by atoms with Crippen molar-refractivity contribution in [3.8, 4) is 17.3 Å². The first kappa shape index (κ1) is 25.8. The second kappa shape index (κ2) is 10.0. The average Bonchev–Trinajstić information content (AvgIpc) is 3.64. The van der Waals surface area contributed by atoms with Crippen molar-refractivity contribution >= 4 is 11.8 Å². The predicted octanol–water partition coefficient (Wildman–Crippen LogP) is 3.53. The number of carbonyl (C=O) groups is 2. The van der Waals surface area contributed by atoms with Crippen molar-refractivity contribution in [2.45, 2.75) is 68.7 Å². The molecule has 3 saturated heterocycles. The minimum absolute atomic E-state index is 0.0654. The summed E-state index contributed by atoms with van der Waals surface area (Å²) in [4.78, 5) is 32.8. The normalized spacial score (nSPS) is 27.7. The van der Waals surface area contributed by atoms with Gasteiger partial charge in [0.05, 0.1) is 54.2 Å². The van der Waals surface area contributed by atoms with Gasteiger partial charge in [-0.05, 0) is 55.4 Å². The molecule has 0 unspecified atom stereocenters. The van der Waals surface area contributed by atoms with Gasteiger partial charge in [-0.2, -0.15) is 5.26 Å². The molecular formula is C31H33FN4O4. The van der Waals surface area contributed by atoms with Crippen LogP contribution in [0.25, 0.3) is 11.3 Å². The number of likely N-dealkylation sites (tertiary alicyclic amines) is 1. The minimum Gasteiger partial charge on any atom is -0.449 e. The average molecular weight is 545 g/mol. The van der Waals surface area contributed by atoms with Gasteiger partial charge in [0.2, 0.25) is 0 Å².